The Morgan fingerprint density at radius 3 is 2.09 bits per heavy atom. The Balaban J connectivity index is 1.89. The van der Waals surface area contributed by atoms with Crippen LogP contribution in [-0.4, -0.2) is 50.9 Å². The van der Waals surface area contributed by atoms with Gasteiger partial charge in [-0.1, -0.05) is 88.4 Å². The van der Waals surface area contributed by atoms with E-state index in [1.54, 1.807) is 6.92 Å². The summed E-state index contributed by atoms with van der Waals surface area (Å²) >= 11 is 0. The molecule has 0 saturated carbocycles. The fourth-order valence-electron chi connectivity index (χ4n) is 4.86. The Morgan fingerprint density at radius 2 is 1.61 bits per heavy atom. The predicted octanol–water partition coefficient (Wildman–Crippen LogP) is 3.67. The first-order chi connectivity index (χ1) is 15.7. The average Bonchev–Trinajstić information content (AvgIpc) is 2.78. The molecule has 0 unspecified atom stereocenters. The Bertz CT molecular complexity index is 841. The maximum atomic E-state index is 12.1. The third-order valence-electron chi connectivity index (χ3n) is 6.64. The van der Waals surface area contributed by atoms with Gasteiger partial charge in [-0.3, -0.25) is 4.79 Å². The minimum atomic E-state index is -2.69. The van der Waals surface area contributed by atoms with Crippen molar-refractivity contribution in [3.8, 4) is 0 Å². The number of carbonyl (C=O) groups is 1. The topological polar surface area (TPSA) is 65.0 Å². The normalized spacial score (nSPS) is 23.8. The number of ether oxygens (including phenoxy) is 2. The SMILES string of the molecule is CCOC(=O)C[C@@H]1O[C@H](CO[Si](c2ccccc2)(c2ccccc2)C(C)(C)C)C[C@H](O)[C@H]1C. The lowest BCUT2D eigenvalue weighted by atomic mass is 9.89. The van der Waals surface area contributed by atoms with Crippen LogP contribution in [-0.2, 0) is 18.7 Å². The number of carbonyl (C=O) groups excluding carboxylic acids is 1. The van der Waals surface area contributed by atoms with Gasteiger partial charge >= 0.3 is 5.97 Å². The van der Waals surface area contributed by atoms with Crippen LogP contribution < -0.4 is 10.4 Å². The minimum absolute atomic E-state index is 0.138. The Labute approximate surface area is 199 Å². The van der Waals surface area contributed by atoms with Crippen LogP contribution in [0.3, 0.4) is 0 Å². The van der Waals surface area contributed by atoms with Crippen LogP contribution in [0.15, 0.2) is 60.7 Å². The van der Waals surface area contributed by atoms with E-state index in [-0.39, 0.29) is 35.6 Å². The van der Waals surface area contributed by atoms with E-state index in [0.717, 1.165) is 0 Å². The smallest absolute Gasteiger partial charge is 0.308 e. The molecule has 6 heteroatoms. The van der Waals surface area contributed by atoms with Crippen molar-refractivity contribution < 1.29 is 23.8 Å². The first-order valence-corrected chi connectivity index (χ1v) is 13.8. The fourth-order valence-corrected chi connectivity index (χ4v) is 9.45. The zero-order valence-electron chi connectivity index (χ0n) is 20.5. The number of hydrogen-bond acceptors (Lipinski definition) is 5. The van der Waals surface area contributed by atoms with E-state index in [1.807, 2.05) is 19.1 Å². The lowest BCUT2D eigenvalue weighted by Gasteiger charge is -2.45. The highest BCUT2D eigenvalue weighted by atomic mass is 28.4. The van der Waals surface area contributed by atoms with Crippen LogP contribution in [0.1, 0.15) is 47.5 Å². The minimum Gasteiger partial charge on any atom is -0.466 e. The number of aliphatic hydroxyl groups excluding tert-OH is 1. The molecule has 2 aromatic carbocycles. The molecule has 0 aliphatic carbocycles. The summed E-state index contributed by atoms with van der Waals surface area (Å²) in [6, 6.07) is 20.9. The van der Waals surface area contributed by atoms with Crippen LogP contribution in [0.5, 0.6) is 0 Å². The van der Waals surface area contributed by atoms with Crippen molar-refractivity contribution in [1.29, 1.82) is 0 Å². The maximum Gasteiger partial charge on any atom is 0.308 e. The van der Waals surface area contributed by atoms with Crippen LogP contribution in [0, 0.1) is 5.92 Å². The van der Waals surface area contributed by atoms with Crippen molar-refractivity contribution in [3.63, 3.8) is 0 Å². The van der Waals surface area contributed by atoms with E-state index in [9.17, 15) is 9.90 Å². The first-order valence-electron chi connectivity index (χ1n) is 11.9. The first kappa shape index (κ1) is 25.6. The third-order valence-corrected chi connectivity index (χ3v) is 11.6. The monoisotopic (exact) mass is 470 g/mol. The van der Waals surface area contributed by atoms with Gasteiger partial charge in [0.05, 0.1) is 37.9 Å². The van der Waals surface area contributed by atoms with Crippen LogP contribution in [0.25, 0.3) is 0 Å². The number of benzene rings is 2. The molecule has 5 nitrogen and oxygen atoms in total. The van der Waals surface area contributed by atoms with Crippen molar-refractivity contribution in [1.82, 2.24) is 0 Å². The van der Waals surface area contributed by atoms with E-state index in [0.29, 0.717) is 19.6 Å². The molecule has 0 amide bonds. The Morgan fingerprint density at radius 1 is 1.06 bits per heavy atom. The van der Waals surface area contributed by atoms with E-state index in [4.69, 9.17) is 13.9 Å². The highest BCUT2D eigenvalue weighted by Crippen LogP contribution is 2.37. The Hall–Kier alpha value is -1.99. The van der Waals surface area contributed by atoms with E-state index in [1.165, 1.54) is 10.4 Å². The summed E-state index contributed by atoms with van der Waals surface area (Å²) in [5.41, 5.74) is 0. The maximum absolute atomic E-state index is 12.1. The van der Waals surface area contributed by atoms with Crippen molar-refractivity contribution in [2.24, 2.45) is 5.92 Å². The van der Waals surface area contributed by atoms with Crippen LogP contribution in [0.2, 0.25) is 5.04 Å². The fraction of sp³-hybridized carbons (Fsp3) is 0.519. The van der Waals surface area contributed by atoms with Gasteiger partial charge in [0.2, 0.25) is 0 Å². The molecule has 4 atom stereocenters. The van der Waals surface area contributed by atoms with E-state index < -0.39 is 14.4 Å². The van der Waals surface area contributed by atoms with Gasteiger partial charge in [0.1, 0.15) is 0 Å². The molecule has 1 saturated heterocycles. The molecule has 1 fully saturated rings. The molecule has 2 aromatic rings. The van der Waals surface area contributed by atoms with Crippen molar-refractivity contribution in [3.05, 3.63) is 60.7 Å². The molecule has 0 bridgehead atoms. The second-order valence-corrected chi connectivity index (χ2v) is 14.2. The average molecular weight is 471 g/mol. The third kappa shape index (κ3) is 5.75. The van der Waals surface area contributed by atoms with Crippen molar-refractivity contribution in [2.45, 2.75) is 70.8 Å². The highest BCUT2D eigenvalue weighted by Gasteiger charge is 2.51. The molecule has 33 heavy (non-hydrogen) atoms. The molecular formula is C27H38O5Si. The van der Waals surface area contributed by atoms with Gasteiger partial charge in [0.25, 0.3) is 8.32 Å². The van der Waals surface area contributed by atoms with Gasteiger partial charge < -0.3 is 19.0 Å². The molecule has 1 aliphatic rings. The van der Waals surface area contributed by atoms with Crippen LogP contribution >= 0.6 is 0 Å². The highest BCUT2D eigenvalue weighted by molar-refractivity contribution is 6.99. The number of hydrogen-bond donors (Lipinski definition) is 1. The summed E-state index contributed by atoms with van der Waals surface area (Å²) in [4.78, 5) is 12.1. The van der Waals surface area contributed by atoms with Gasteiger partial charge in [-0.15, -0.1) is 0 Å². The summed E-state index contributed by atoms with van der Waals surface area (Å²) in [6.45, 7) is 11.1. The summed E-state index contributed by atoms with van der Waals surface area (Å²) in [7, 11) is -2.69. The zero-order valence-corrected chi connectivity index (χ0v) is 21.5. The quantitative estimate of drug-likeness (QED) is 0.471. The van der Waals surface area contributed by atoms with E-state index in [2.05, 4.69) is 69.3 Å². The Kier molecular flexibility index (Phi) is 8.51. The molecule has 1 aliphatic heterocycles. The molecule has 1 N–H and O–H groups in total. The summed E-state index contributed by atoms with van der Waals surface area (Å²) in [5.74, 6) is -0.436. The molecule has 0 radical (unpaired) electrons. The van der Waals surface area contributed by atoms with Crippen molar-refractivity contribution >= 4 is 24.7 Å². The lowest BCUT2D eigenvalue weighted by Crippen LogP contribution is -2.67. The van der Waals surface area contributed by atoms with Gasteiger partial charge in [-0.2, -0.15) is 0 Å². The second kappa shape index (κ2) is 11.0. The number of esters is 1. The number of rotatable bonds is 8. The van der Waals surface area contributed by atoms with Crippen LogP contribution in [0.4, 0.5) is 0 Å². The lowest BCUT2D eigenvalue weighted by molar-refractivity contribution is -0.164. The van der Waals surface area contributed by atoms with Gasteiger partial charge in [-0.05, 0) is 22.3 Å². The van der Waals surface area contributed by atoms with Gasteiger partial charge in [0, 0.05) is 12.3 Å². The summed E-state index contributed by atoms with van der Waals surface area (Å²) in [6.07, 6.45) is -0.607. The van der Waals surface area contributed by atoms with Gasteiger partial charge in [-0.25, -0.2) is 0 Å². The van der Waals surface area contributed by atoms with Crippen molar-refractivity contribution in [2.75, 3.05) is 13.2 Å². The number of aliphatic hydroxyl groups is 1. The molecule has 3 rings (SSSR count). The molecule has 0 spiro atoms. The standard InChI is InChI=1S/C27H38O5Si/c1-6-30-26(29)18-25-20(2)24(28)17-21(32-25)19-31-33(27(3,4)5,22-13-9-7-10-14-22)23-15-11-8-12-16-23/h7-16,20-21,24-25,28H,6,17-19H2,1-5H3/t20-,21+,24+,25+/m1/s1. The largest absolute Gasteiger partial charge is 0.466 e. The molecular weight excluding hydrogens is 432 g/mol. The summed E-state index contributed by atoms with van der Waals surface area (Å²) < 4.78 is 18.4. The van der Waals surface area contributed by atoms with Gasteiger partial charge in [0.15, 0.2) is 0 Å². The molecule has 1 heterocycles. The predicted molar refractivity (Wildman–Crippen MR) is 133 cm³/mol. The summed E-state index contributed by atoms with van der Waals surface area (Å²) in [5, 5.41) is 13.0. The zero-order chi connectivity index (χ0) is 24.1. The second-order valence-electron chi connectivity index (χ2n) is 9.94. The van der Waals surface area contributed by atoms with E-state index >= 15 is 0 Å². The molecule has 180 valence electrons. The molecule has 0 aromatic heterocycles.